The minimum Gasteiger partial charge on any atom is -0.331 e. The summed E-state index contributed by atoms with van der Waals surface area (Å²) in [7, 11) is 0. The first-order chi connectivity index (χ1) is 10.1. The molecule has 0 amide bonds. The molecule has 114 valence electrons. The molecule has 1 aromatic heterocycles. The molecule has 1 aromatic carbocycles. The van der Waals surface area contributed by atoms with Crippen molar-refractivity contribution in [3.8, 4) is 0 Å². The predicted octanol–water partition coefficient (Wildman–Crippen LogP) is 4.27. The summed E-state index contributed by atoms with van der Waals surface area (Å²) in [5, 5.41) is 0. The lowest BCUT2D eigenvalue weighted by Gasteiger charge is -2.33. The zero-order valence-electron chi connectivity index (χ0n) is 13.1. The average molecular weight is 303 g/mol. The van der Waals surface area contributed by atoms with E-state index < -0.39 is 0 Å². The molecule has 1 aliphatic heterocycles. The average Bonchev–Trinajstić information content (AvgIpc) is 2.77. The molecule has 0 aliphatic carbocycles. The number of aryl methyl sites for hydroxylation is 2. The number of fused-ring (bicyclic) bond motifs is 1. The maximum absolute atomic E-state index is 5.48. The Labute approximate surface area is 132 Å². The van der Waals surface area contributed by atoms with Crippen LogP contribution < -0.4 is 0 Å². The molecule has 3 rings (SSSR count). The van der Waals surface area contributed by atoms with Crippen molar-refractivity contribution in [2.24, 2.45) is 0 Å². The maximum atomic E-state index is 5.48. The molecule has 1 aliphatic rings. The molecule has 21 heavy (non-hydrogen) atoms. The monoisotopic (exact) mass is 303 g/mol. The van der Waals surface area contributed by atoms with Crippen molar-refractivity contribution >= 4 is 23.3 Å². The largest absolute Gasteiger partial charge is 0.331 e. The lowest BCUT2D eigenvalue weighted by Crippen LogP contribution is -2.38. The van der Waals surface area contributed by atoms with Gasteiger partial charge in [-0.15, -0.1) is 0 Å². The Morgan fingerprint density at radius 2 is 2.14 bits per heavy atom. The van der Waals surface area contributed by atoms with Crippen molar-refractivity contribution < 1.29 is 0 Å². The highest BCUT2D eigenvalue weighted by Gasteiger charge is 2.17. The fourth-order valence-electron chi connectivity index (χ4n) is 3.41. The molecule has 1 saturated heterocycles. The van der Waals surface area contributed by atoms with Crippen molar-refractivity contribution in [2.45, 2.75) is 52.1 Å². The predicted molar refractivity (Wildman–Crippen MR) is 91.4 cm³/mol. The number of imidazole rings is 1. The van der Waals surface area contributed by atoms with Gasteiger partial charge in [-0.1, -0.05) is 12.5 Å². The molecule has 4 heteroatoms. The Morgan fingerprint density at radius 3 is 2.95 bits per heavy atom. The standard InChI is InChI=1S/C17H25N3S/c1-13-7-8-15-16(12-13)20(17(21)18-15)11-5-10-19-9-4-3-6-14(19)2/h7-8,12,14H,3-6,9-11H2,1-2H3,(H,18,21). The highest BCUT2D eigenvalue weighted by Crippen LogP contribution is 2.19. The van der Waals surface area contributed by atoms with Crippen LogP contribution in [0.5, 0.6) is 0 Å². The number of hydrogen-bond donors (Lipinski definition) is 1. The summed E-state index contributed by atoms with van der Waals surface area (Å²) < 4.78 is 3.11. The first-order valence-corrected chi connectivity index (χ1v) is 8.49. The SMILES string of the molecule is Cc1ccc2[nH]c(=S)n(CCCN3CCCCC3C)c2c1. The molecule has 0 spiro atoms. The van der Waals surface area contributed by atoms with Crippen molar-refractivity contribution in [1.82, 2.24) is 14.5 Å². The smallest absolute Gasteiger partial charge is 0.178 e. The van der Waals surface area contributed by atoms with Crippen LogP contribution in [0, 0.1) is 11.7 Å². The number of aromatic amines is 1. The maximum Gasteiger partial charge on any atom is 0.178 e. The van der Waals surface area contributed by atoms with Gasteiger partial charge in [-0.2, -0.15) is 0 Å². The van der Waals surface area contributed by atoms with Crippen LogP contribution in [0.4, 0.5) is 0 Å². The zero-order chi connectivity index (χ0) is 14.8. The van der Waals surface area contributed by atoms with Crippen LogP contribution in [-0.2, 0) is 6.54 Å². The number of aromatic nitrogens is 2. The first-order valence-electron chi connectivity index (χ1n) is 8.08. The van der Waals surface area contributed by atoms with Crippen LogP contribution >= 0.6 is 12.2 Å². The lowest BCUT2D eigenvalue weighted by atomic mass is 10.0. The molecule has 0 bridgehead atoms. The summed E-state index contributed by atoms with van der Waals surface area (Å²) >= 11 is 5.48. The number of hydrogen-bond acceptors (Lipinski definition) is 2. The summed E-state index contributed by atoms with van der Waals surface area (Å²) in [4.78, 5) is 5.95. The Morgan fingerprint density at radius 1 is 1.29 bits per heavy atom. The van der Waals surface area contributed by atoms with E-state index in [1.54, 1.807) is 0 Å². The van der Waals surface area contributed by atoms with Crippen LogP contribution in [-0.4, -0.2) is 33.6 Å². The molecular weight excluding hydrogens is 278 g/mol. The highest BCUT2D eigenvalue weighted by atomic mass is 32.1. The van der Waals surface area contributed by atoms with E-state index in [2.05, 4.69) is 46.5 Å². The zero-order valence-corrected chi connectivity index (χ0v) is 13.9. The van der Waals surface area contributed by atoms with E-state index in [1.165, 1.54) is 49.9 Å². The van der Waals surface area contributed by atoms with Gasteiger partial charge in [-0.25, -0.2) is 0 Å². The third-order valence-corrected chi connectivity index (χ3v) is 5.02. The Kier molecular flexibility index (Phi) is 4.45. The Balaban J connectivity index is 1.69. The molecule has 2 heterocycles. The van der Waals surface area contributed by atoms with Gasteiger partial charge in [-0.3, -0.25) is 0 Å². The molecule has 2 aromatic rings. The van der Waals surface area contributed by atoms with E-state index in [9.17, 15) is 0 Å². The van der Waals surface area contributed by atoms with E-state index in [-0.39, 0.29) is 0 Å². The van der Waals surface area contributed by atoms with Crippen LogP contribution in [0.1, 0.15) is 38.2 Å². The molecule has 1 fully saturated rings. The summed E-state index contributed by atoms with van der Waals surface area (Å²) in [6.07, 6.45) is 5.27. The number of rotatable bonds is 4. The number of piperidine rings is 1. The van der Waals surface area contributed by atoms with Gasteiger partial charge >= 0.3 is 0 Å². The van der Waals surface area contributed by atoms with Gasteiger partial charge in [0.15, 0.2) is 4.77 Å². The van der Waals surface area contributed by atoms with Crippen molar-refractivity contribution in [3.05, 3.63) is 28.5 Å². The van der Waals surface area contributed by atoms with Gasteiger partial charge in [0.1, 0.15) is 0 Å². The van der Waals surface area contributed by atoms with E-state index in [0.717, 1.165) is 22.9 Å². The fraction of sp³-hybridized carbons (Fsp3) is 0.588. The normalized spacial score (nSPS) is 20.2. The third-order valence-electron chi connectivity index (χ3n) is 4.70. The molecule has 0 saturated carbocycles. The van der Waals surface area contributed by atoms with Crippen molar-refractivity contribution in [3.63, 3.8) is 0 Å². The van der Waals surface area contributed by atoms with Gasteiger partial charge < -0.3 is 14.5 Å². The highest BCUT2D eigenvalue weighted by molar-refractivity contribution is 7.71. The van der Waals surface area contributed by atoms with E-state index in [4.69, 9.17) is 12.2 Å². The third kappa shape index (κ3) is 3.22. The van der Waals surface area contributed by atoms with E-state index in [1.807, 2.05) is 0 Å². The second-order valence-electron chi connectivity index (χ2n) is 6.34. The number of nitrogens with zero attached hydrogens (tertiary/aromatic N) is 2. The van der Waals surface area contributed by atoms with Crippen LogP contribution in [0.2, 0.25) is 0 Å². The minimum atomic E-state index is 0.747. The van der Waals surface area contributed by atoms with E-state index >= 15 is 0 Å². The van der Waals surface area contributed by atoms with Gasteiger partial charge in [0.25, 0.3) is 0 Å². The number of benzene rings is 1. The second-order valence-corrected chi connectivity index (χ2v) is 6.72. The summed E-state index contributed by atoms with van der Waals surface area (Å²) in [5.41, 5.74) is 3.68. The number of H-pyrrole nitrogens is 1. The number of nitrogens with one attached hydrogen (secondary N) is 1. The van der Waals surface area contributed by atoms with Crippen LogP contribution in [0.15, 0.2) is 18.2 Å². The lowest BCUT2D eigenvalue weighted by molar-refractivity contribution is 0.157. The number of likely N-dealkylation sites (tertiary alicyclic amines) is 1. The fourth-order valence-corrected chi connectivity index (χ4v) is 3.71. The Hall–Kier alpha value is -1.13. The summed E-state index contributed by atoms with van der Waals surface area (Å²) in [6.45, 7) is 7.95. The first kappa shape index (κ1) is 14.8. The Bertz CT molecular complexity index is 670. The van der Waals surface area contributed by atoms with Gasteiger partial charge in [-0.05, 0) is 69.6 Å². The van der Waals surface area contributed by atoms with Gasteiger partial charge in [0.05, 0.1) is 11.0 Å². The van der Waals surface area contributed by atoms with Crippen molar-refractivity contribution in [2.75, 3.05) is 13.1 Å². The minimum absolute atomic E-state index is 0.747. The van der Waals surface area contributed by atoms with Crippen LogP contribution in [0.25, 0.3) is 11.0 Å². The molecule has 1 unspecified atom stereocenters. The molecule has 1 N–H and O–H groups in total. The summed E-state index contributed by atoms with van der Waals surface area (Å²) in [6, 6.07) is 7.24. The molecule has 1 atom stereocenters. The van der Waals surface area contributed by atoms with Crippen molar-refractivity contribution in [1.29, 1.82) is 0 Å². The molecular formula is C17H25N3S. The van der Waals surface area contributed by atoms with E-state index in [0.29, 0.717) is 0 Å². The van der Waals surface area contributed by atoms with Gasteiger partial charge in [0, 0.05) is 19.1 Å². The van der Waals surface area contributed by atoms with Gasteiger partial charge in [0.2, 0.25) is 0 Å². The summed E-state index contributed by atoms with van der Waals surface area (Å²) in [5.74, 6) is 0. The quantitative estimate of drug-likeness (QED) is 0.853. The molecule has 0 radical (unpaired) electrons. The topological polar surface area (TPSA) is 24.0 Å². The second kappa shape index (κ2) is 6.32. The van der Waals surface area contributed by atoms with Crippen LogP contribution in [0.3, 0.4) is 0 Å². The molecule has 3 nitrogen and oxygen atoms in total.